The number of hydrogen-bond acceptors (Lipinski definition) is 10. The average Bonchev–Trinajstić information content (AvgIpc) is 3.37. The summed E-state index contributed by atoms with van der Waals surface area (Å²) >= 11 is 0. The maximum Gasteiger partial charge on any atom is 0.373 e. The lowest BCUT2D eigenvalue weighted by Gasteiger charge is -2.10. The molecule has 0 bridgehead atoms. The molecule has 0 aliphatic carbocycles. The Morgan fingerprint density at radius 3 is 2.61 bits per heavy atom. The quantitative estimate of drug-likeness (QED) is 0.201. The van der Waals surface area contributed by atoms with E-state index in [1.807, 2.05) is 0 Å². The molecule has 0 unspecified atom stereocenters. The van der Waals surface area contributed by atoms with Crippen LogP contribution in [0.25, 0.3) is 6.08 Å². The van der Waals surface area contributed by atoms with Crippen molar-refractivity contribution in [2.45, 2.75) is 6.54 Å². The van der Waals surface area contributed by atoms with Gasteiger partial charge in [0.25, 0.3) is 5.91 Å². The lowest BCUT2D eigenvalue weighted by Crippen LogP contribution is -2.30. The van der Waals surface area contributed by atoms with Crippen LogP contribution in [0.3, 0.4) is 0 Å². The Morgan fingerprint density at radius 2 is 1.94 bits per heavy atom. The Morgan fingerprint density at radius 1 is 1.18 bits per heavy atom. The number of nitro benzene ring substituents is 1. The molecular weight excluding hydrogens is 442 g/mol. The van der Waals surface area contributed by atoms with Crippen LogP contribution in [0.4, 0.5) is 10.5 Å². The molecule has 0 atom stereocenters. The van der Waals surface area contributed by atoms with Gasteiger partial charge < -0.3 is 23.9 Å². The molecule has 1 saturated heterocycles. The third-order valence-corrected chi connectivity index (χ3v) is 4.41. The summed E-state index contributed by atoms with van der Waals surface area (Å²) in [7, 11) is 2.30. The fourth-order valence-electron chi connectivity index (χ4n) is 2.85. The summed E-state index contributed by atoms with van der Waals surface area (Å²) in [6.45, 7) is -0.884. The molecule has 33 heavy (non-hydrogen) atoms. The molecule has 13 nitrogen and oxygen atoms in total. The van der Waals surface area contributed by atoms with Crippen molar-refractivity contribution < 1.29 is 42.7 Å². The minimum absolute atomic E-state index is 0.0737. The maximum atomic E-state index is 12.8. The molecule has 3 rings (SSSR count). The summed E-state index contributed by atoms with van der Waals surface area (Å²) in [5.74, 6) is -2.47. The highest BCUT2D eigenvalue weighted by Gasteiger charge is 2.35. The number of amides is 3. The van der Waals surface area contributed by atoms with Gasteiger partial charge >= 0.3 is 23.7 Å². The van der Waals surface area contributed by atoms with E-state index in [0.29, 0.717) is 0 Å². The number of ether oxygens (including phenoxy) is 3. The number of imide groups is 1. The molecule has 1 N–H and O–H groups in total. The predicted octanol–water partition coefficient (Wildman–Crippen LogP) is 1.62. The Hall–Kier alpha value is -4.68. The van der Waals surface area contributed by atoms with Crippen LogP contribution in [0.5, 0.6) is 5.75 Å². The molecule has 2 aromatic rings. The van der Waals surface area contributed by atoms with Crippen LogP contribution in [-0.2, 0) is 25.6 Å². The van der Waals surface area contributed by atoms with Crippen molar-refractivity contribution >= 4 is 35.6 Å². The average molecular weight is 459 g/mol. The molecule has 1 aliphatic heterocycles. The number of esters is 2. The van der Waals surface area contributed by atoms with E-state index in [1.54, 1.807) is 0 Å². The third-order valence-electron chi connectivity index (χ3n) is 4.41. The standard InChI is InChI=1S/C20H17N3O10/c1-30-16(24)10-32-17-11(4-3-5-14(17)23(28)29)8-13-18(25)22(20(27)21-13)9-12-6-7-15(33-12)19(26)31-2/h3-8H,9-10H2,1-2H3,(H,21,27)/b13-8-. The normalized spacial score (nSPS) is 14.2. The van der Waals surface area contributed by atoms with E-state index in [9.17, 15) is 29.3 Å². The van der Waals surface area contributed by atoms with Gasteiger partial charge in [-0.1, -0.05) is 12.1 Å². The Balaban J connectivity index is 1.87. The van der Waals surface area contributed by atoms with Crippen molar-refractivity contribution in [3.63, 3.8) is 0 Å². The van der Waals surface area contributed by atoms with E-state index in [-0.39, 0.29) is 35.1 Å². The summed E-state index contributed by atoms with van der Waals surface area (Å²) in [6.07, 6.45) is 1.18. The third kappa shape index (κ3) is 4.98. The van der Waals surface area contributed by atoms with Crippen molar-refractivity contribution in [2.24, 2.45) is 0 Å². The van der Waals surface area contributed by atoms with Crippen molar-refractivity contribution in [2.75, 3.05) is 20.8 Å². The fourth-order valence-corrected chi connectivity index (χ4v) is 2.85. The molecule has 0 radical (unpaired) electrons. The topological polar surface area (TPSA) is 168 Å². The van der Waals surface area contributed by atoms with Gasteiger partial charge in [-0.2, -0.15) is 0 Å². The first-order valence-corrected chi connectivity index (χ1v) is 9.23. The maximum absolute atomic E-state index is 12.8. The lowest BCUT2D eigenvalue weighted by molar-refractivity contribution is -0.385. The van der Waals surface area contributed by atoms with Gasteiger partial charge in [0.2, 0.25) is 11.5 Å². The minimum Gasteiger partial charge on any atom is -0.474 e. The lowest BCUT2D eigenvalue weighted by atomic mass is 10.1. The molecule has 1 aromatic carbocycles. The van der Waals surface area contributed by atoms with Gasteiger partial charge in [0.05, 0.1) is 25.7 Å². The van der Waals surface area contributed by atoms with Crippen LogP contribution in [0.1, 0.15) is 21.9 Å². The number of nitrogens with zero attached hydrogens (tertiary/aromatic N) is 2. The van der Waals surface area contributed by atoms with Crippen LogP contribution >= 0.6 is 0 Å². The van der Waals surface area contributed by atoms with E-state index in [0.717, 1.165) is 18.1 Å². The molecule has 1 aromatic heterocycles. The largest absolute Gasteiger partial charge is 0.474 e. The van der Waals surface area contributed by atoms with Crippen molar-refractivity contribution in [3.8, 4) is 5.75 Å². The second-order valence-electron chi connectivity index (χ2n) is 6.45. The molecule has 13 heteroatoms. The monoisotopic (exact) mass is 459 g/mol. The molecule has 1 fully saturated rings. The predicted molar refractivity (Wildman–Crippen MR) is 108 cm³/mol. The summed E-state index contributed by atoms with van der Waals surface area (Å²) < 4.78 is 19.5. The second kappa shape index (κ2) is 9.64. The summed E-state index contributed by atoms with van der Waals surface area (Å²) in [6, 6.07) is 5.89. The number of carbonyl (C=O) groups excluding carboxylic acids is 4. The Kier molecular flexibility index (Phi) is 6.71. The molecule has 0 saturated carbocycles. The van der Waals surface area contributed by atoms with Crippen LogP contribution < -0.4 is 10.1 Å². The highest BCUT2D eigenvalue weighted by Crippen LogP contribution is 2.33. The highest BCUT2D eigenvalue weighted by atomic mass is 16.6. The number of methoxy groups -OCH3 is 2. The van der Waals surface area contributed by atoms with Crippen LogP contribution in [-0.4, -0.2) is 54.5 Å². The first-order chi connectivity index (χ1) is 15.7. The summed E-state index contributed by atoms with van der Waals surface area (Å²) in [5.41, 5.74) is -0.569. The van der Waals surface area contributed by atoms with Gasteiger partial charge in [-0.05, 0) is 18.2 Å². The van der Waals surface area contributed by atoms with E-state index in [1.165, 1.54) is 37.5 Å². The van der Waals surface area contributed by atoms with Crippen molar-refractivity contribution in [1.82, 2.24) is 10.2 Å². The number of furan rings is 1. The summed E-state index contributed by atoms with van der Waals surface area (Å²) in [4.78, 5) is 59.5. The molecular formula is C20H17N3O10. The first kappa shape index (κ1) is 23.0. The molecule has 3 amide bonds. The smallest absolute Gasteiger partial charge is 0.373 e. The van der Waals surface area contributed by atoms with Crippen LogP contribution in [0.15, 0.2) is 40.4 Å². The fraction of sp³-hybridized carbons (Fsp3) is 0.200. The summed E-state index contributed by atoms with van der Waals surface area (Å²) in [5, 5.41) is 13.7. The zero-order valence-electron chi connectivity index (χ0n) is 17.4. The van der Waals surface area contributed by atoms with E-state index in [4.69, 9.17) is 9.15 Å². The van der Waals surface area contributed by atoms with Gasteiger partial charge in [0.1, 0.15) is 11.5 Å². The zero-order valence-corrected chi connectivity index (χ0v) is 17.4. The Labute approximate surface area is 185 Å². The molecule has 172 valence electrons. The number of nitrogens with one attached hydrogen (secondary N) is 1. The number of benzene rings is 1. The zero-order chi connectivity index (χ0) is 24.1. The number of hydrogen-bond donors (Lipinski definition) is 1. The SMILES string of the molecule is COC(=O)COc1c(/C=C2\NC(=O)N(Cc3ccc(C(=O)OC)o3)C2=O)cccc1[N+](=O)[O-]. The van der Waals surface area contributed by atoms with Gasteiger partial charge in [-0.15, -0.1) is 0 Å². The molecule has 2 heterocycles. The van der Waals surface area contributed by atoms with Crippen LogP contribution in [0.2, 0.25) is 0 Å². The second-order valence-corrected chi connectivity index (χ2v) is 6.45. The van der Waals surface area contributed by atoms with Gasteiger partial charge in [-0.25, -0.2) is 14.4 Å². The van der Waals surface area contributed by atoms with Gasteiger partial charge in [0.15, 0.2) is 6.61 Å². The van der Waals surface area contributed by atoms with E-state index in [2.05, 4.69) is 14.8 Å². The Bertz CT molecular complexity index is 1170. The van der Waals surface area contributed by atoms with Gasteiger partial charge in [0, 0.05) is 11.6 Å². The number of nitro groups is 1. The molecule has 1 aliphatic rings. The van der Waals surface area contributed by atoms with E-state index < -0.39 is 41.1 Å². The van der Waals surface area contributed by atoms with Crippen molar-refractivity contribution in [3.05, 3.63) is 63.2 Å². The molecule has 0 spiro atoms. The van der Waals surface area contributed by atoms with E-state index >= 15 is 0 Å². The minimum atomic E-state index is -0.773. The number of para-hydroxylation sites is 1. The van der Waals surface area contributed by atoms with Crippen molar-refractivity contribution in [1.29, 1.82) is 0 Å². The number of carbonyl (C=O) groups is 4. The van der Waals surface area contributed by atoms with Gasteiger partial charge in [-0.3, -0.25) is 19.8 Å². The highest BCUT2D eigenvalue weighted by molar-refractivity contribution is 6.14. The number of rotatable bonds is 8. The van der Waals surface area contributed by atoms with Crippen LogP contribution in [0, 0.1) is 10.1 Å². The first-order valence-electron chi connectivity index (χ1n) is 9.23. The number of urea groups is 1.